The molecule has 9 nitrogen and oxygen atoms in total. The van der Waals surface area contributed by atoms with Gasteiger partial charge in [-0.3, -0.25) is 4.99 Å². The molecule has 0 bridgehead atoms. The lowest BCUT2D eigenvalue weighted by Crippen LogP contribution is -2.26. The van der Waals surface area contributed by atoms with Crippen molar-refractivity contribution in [2.45, 2.75) is 16.1 Å². The summed E-state index contributed by atoms with van der Waals surface area (Å²) in [6, 6.07) is 10.0. The van der Waals surface area contributed by atoms with E-state index in [-0.39, 0.29) is 11.9 Å². The number of nitrogens with zero attached hydrogens (tertiary/aromatic N) is 2. The van der Waals surface area contributed by atoms with Gasteiger partial charge in [0.2, 0.25) is 15.6 Å². The van der Waals surface area contributed by atoms with Crippen LogP contribution in [0.2, 0.25) is 0 Å². The summed E-state index contributed by atoms with van der Waals surface area (Å²) >= 11 is 19.1. The van der Waals surface area contributed by atoms with Crippen molar-refractivity contribution in [2.75, 3.05) is 6.54 Å². The van der Waals surface area contributed by atoms with Gasteiger partial charge in [-0.2, -0.15) is 4.99 Å². The number of benzene rings is 1. The molecule has 152 valence electrons. The number of guanidine groups is 2. The second kappa shape index (κ2) is 16.2. The highest BCUT2D eigenvalue weighted by Gasteiger charge is 2.06. The Kier molecular flexibility index (Phi) is 16.4. The van der Waals surface area contributed by atoms with Gasteiger partial charge in [-0.05, 0) is 12.0 Å². The van der Waals surface area contributed by atoms with E-state index < -0.39 is 21.6 Å². The molecule has 0 saturated heterocycles. The van der Waals surface area contributed by atoms with Gasteiger partial charge in [0.05, 0.1) is 0 Å². The van der Waals surface area contributed by atoms with Crippen LogP contribution in [0.4, 0.5) is 0 Å². The average Bonchev–Trinajstić information content (AvgIpc) is 2.56. The molecule has 0 amide bonds. The van der Waals surface area contributed by atoms with Crippen molar-refractivity contribution in [2.24, 2.45) is 27.2 Å². The first-order valence-electron chi connectivity index (χ1n) is 6.92. The number of nitrogens with two attached hydrogens (primary N) is 3. The third-order valence-corrected chi connectivity index (χ3v) is 2.88. The van der Waals surface area contributed by atoms with E-state index in [1.165, 1.54) is 5.56 Å². The number of carboxylic acids is 2. The fraction of sp³-hybridized carbons (Fsp3) is 0.286. The number of hydrogen-bond acceptors (Lipinski definition) is 3. The minimum atomic E-state index is -1.29. The van der Waals surface area contributed by atoms with Gasteiger partial charge in [0, 0.05) is 6.54 Å². The Balaban J connectivity index is 0. The molecule has 27 heavy (non-hydrogen) atoms. The number of carboxylic acid groups (broad SMARTS) is 2. The zero-order chi connectivity index (χ0) is 21.4. The molecule has 0 heterocycles. The third-order valence-electron chi connectivity index (χ3n) is 2.13. The molecule has 0 unspecified atom stereocenters. The highest BCUT2D eigenvalue weighted by Crippen LogP contribution is 2.00. The number of carbonyl (C=O) groups is 2. The van der Waals surface area contributed by atoms with E-state index in [1.807, 2.05) is 30.3 Å². The molecule has 0 atom stereocenters. The second-order valence-electron chi connectivity index (χ2n) is 4.29. The Morgan fingerprint density at radius 3 is 1.67 bits per heavy atom. The van der Waals surface area contributed by atoms with Crippen LogP contribution in [0.25, 0.3) is 0 Å². The van der Waals surface area contributed by atoms with Crippen LogP contribution in [0.3, 0.4) is 0 Å². The van der Waals surface area contributed by atoms with Crippen molar-refractivity contribution in [3.8, 4) is 0 Å². The van der Waals surface area contributed by atoms with Gasteiger partial charge in [-0.15, -0.1) is 0 Å². The van der Waals surface area contributed by atoms with Gasteiger partial charge in [-0.1, -0.05) is 76.7 Å². The second-order valence-corrected chi connectivity index (χ2v) is 6.48. The van der Waals surface area contributed by atoms with Gasteiger partial charge in [0.25, 0.3) is 0 Å². The van der Waals surface area contributed by atoms with Crippen molar-refractivity contribution in [1.29, 1.82) is 0 Å². The summed E-state index contributed by atoms with van der Waals surface area (Å²) in [7, 11) is 0. The Bertz CT molecular complexity index is 605. The number of hydrogen-bond donors (Lipinski definition) is 5. The zero-order valence-corrected chi connectivity index (χ0v) is 16.8. The SMILES string of the molecule is NC(N)=NC(N)=NCCc1ccccc1.O=C(O)C(Cl)Cl.O=C(O)C(Cl)Cl. The predicted molar refractivity (Wildman–Crippen MR) is 109 cm³/mol. The van der Waals surface area contributed by atoms with E-state index in [1.54, 1.807) is 0 Å². The minimum Gasteiger partial charge on any atom is -0.479 e. The fourth-order valence-corrected chi connectivity index (χ4v) is 1.11. The molecule has 0 saturated carbocycles. The maximum Gasteiger partial charge on any atom is 0.337 e. The highest BCUT2D eigenvalue weighted by atomic mass is 35.5. The smallest absolute Gasteiger partial charge is 0.337 e. The monoisotopic (exact) mass is 461 g/mol. The molecule has 0 spiro atoms. The fourth-order valence-electron chi connectivity index (χ4n) is 1.11. The first-order valence-corrected chi connectivity index (χ1v) is 8.67. The van der Waals surface area contributed by atoms with Crippen LogP contribution in [0.1, 0.15) is 5.56 Å². The molecule has 0 aliphatic heterocycles. The highest BCUT2D eigenvalue weighted by molar-refractivity contribution is 6.53. The molecule has 0 fully saturated rings. The zero-order valence-electron chi connectivity index (χ0n) is 13.8. The minimum absolute atomic E-state index is 0.0732. The molecule has 8 N–H and O–H groups in total. The third kappa shape index (κ3) is 20.2. The molecular weight excluding hydrogens is 444 g/mol. The van der Waals surface area contributed by atoms with E-state index in [4.69, 9.17) is 73.8 Å². The summed E-state index contributed by atoms with van der Waals surface area (Å²) in [4.78, 5) is 23.9. The Morgan fingerprint density at radius 2 is 1.33 bits per heavy atom. The lowest BCUT2D eigenvalue weighted by atomic mass is 10.2. The Labute approximate surface area is 175 Å². The summed E-state index contributed by atoms with van der Waals surface area (Å²) in [6.45, 7) is 0.576. The maximum atomic E-state index is 9.44. The van der Waals surface area contributed by atoms with E-state index in [0.717, 1.165) is 6.42 Å². The normalized spacial score (nSPS) is 10.2. The van der Waals surface area contributed by atoms with Gasteiger partial charge in [0.1, 0.15) is 0 Å². The Hall–Kier alpha value is -1.94. The number of aliphatic imine (C=N–C) groups is 2. The van der Waals surface area contributed by atoms with Crippen LogP contribution in [0.15, 0.2) is 40.3 Å². The molecule has 1 aromatic rings. The van der Waals surface area contributed by atoms with Gasteiger partial charge in [-0.25, -0.2) is 9.59 Å². The molecule has 0 aliphatic rings. The van der Waals surface area contributed by atoms with E-state index >= 15 is 0 Å². The van der Waals surface area contributed by atoms with Crippen molar-refractivity contribution >= 4 is 70.3 Å². The van der Waals surface area contributed by atoms with Crippen LogP contribution in [-0.2, 0) is 16.0 Å². The summed E-state index contributed by atoms with van der Waals surface area (Å²) < 4.78 is 0. The molecular formula is C14H19Cl4N5O4. The van der Waals surface area contributed by atoms with E-state index in [9.17, 15) is 9.59 Å². The number of rotatable bonds is 5. The number of aliphatic carboxylic acids is 2. The quantitative estimate of drug-likeness (QED) is 0.250. The van der Waals surface area contributed by atoms with Crippen molar-refractivity contribution in [1.82, 2.24) is 0 Å². The Morgan fingerprint density at radius 1 is 0.926 bits per heavy atom. The number of alkyl halides is 4. The summed E-state index contributed by atoms with van der Waals surface area (Å²) in [5, 5.41) is 15.5. The molecule has 0 radical (unpaired) electrons. The number of halogens is 4. The first kappa shape index (κ1) is 27.3. The molecule has 0 aromatic heterocycles. The molecule has 1 rings (SSSR count). The lowest BCUT2D eigenvalue weighted by Gasteiger charge is -1.97. The topological polar surface area (TPSA) is 177 Å². The predicted octanol–water partition coefficient (Wildman–Crippen LogP) is 1.57. The van der Waals surface area contributed by atoms with Crippen LogP contribution in [0, 0.1) is 0 Å². The van der Waals surface area contributed by atoms with Crippen LogP contribution in [0.5, 0.6) is 0 Å². The van der Waals surface area contributed by atoms with Gasteiger partial charge >= 0.3 is 11.9 Å². The molecule has 0 aliphatic carbocycles. The van der Waals surface area contributed by atoms with Crippen LogP contribution < -0.4 is 17.2 Å². The molecule has 13 heteroatoms. The lowest BCUT2D eigenvalue weighted by molar-refractivity contribution is -0.136. The van der Waals surface area contributed by atoms with Crippen LogP contribution >= 0.6 is 46.4 Å². The van der Waals surface area contributed by atoms with Gasteiger partial charge in [0.15, 0.2) is 5.96 Å². The van der Waals surface area contributed by atoms with Crippen molar-refractivity contribution in [3.05, 3.63) is 35.9 Å². The summed E-state index contributed by atoms with van der Waals surface area (Å²) in [5.41, 5.74) is 16.9. The standard InChI is InChI=1S/C10H15N5.2C2H2Cl2O2/c11-9(12)15-10(13)14-7-6-8-4-2-1-3-5-8;2*3-1(4)2(5)6/h1-5H,6-7H2,(H6,11,12,13,14,15);2*1H,(H,5,6). The van der Waals surface area contributed by atoms with E-state index in [0.29, 0.717) is 6.54 Å². The van der Waals surface area contributed by atoms with Crippen molar-refractivity contribution < 1.29 is 19.8 Å². The van der Waals surface area contributed by atoms with Crippen LogP contribution in [-0.4, -0.2) is 50.3 Å². The van der Waals surface area contributed by atoms with Crippen molar-refractivity contribution in [3.63, 3.8) is 0 Å². The summed E-state index contributed by atoms with van der Waals surface area (Å²) in [5.74, 6) is -2.38. The average molecular weight is 463 g/mol. The first-order chi connectivity index (χ1) is 12.5. The largest absolute Gasteiger partial charge is 0.479 e. The van der Waals surface area contributed by atoms with E-state index in [2.05, 4.69) is 9.98 Å². The summed E-state index contributed by atoms with van der Waals surface area (Å²) in [6.07, 6.45) is 0.821. The van der Waals surface area contributed by atoms with Gasteiger partial charge < -0.3 is 27.4 Å². The molecule has 1 aromatic carbocycles. The maximum absolute atomic E-state index is 9.44.